The van der Waals surface area contributed by atoms with Crippen LogP contribution in [-0.2, 0) is 9.59 Å². The molecule has 0 radical (unpaired) electrons. The molecule has 6 heteroatoms. The van der Waals surface area contributed by atoms with Gasteiger partial charge in [-0.05, 0) is 38.0 Å². The predicted octanol–water partition coefficient (Wildman–Crippen LogP) is 2.24. The van der Waals surface area contributed by atoms with E-state index in [0.29, 0.717) is 19.5 Å². The molecular formula is C19H26N2O4. The summed E-state index contributed by atoms with van der Waals surface area (Å²) in [6.45, 7) is 3.87. The van der Waals surface area contributed by atoms with Crippen LogP contribution in [0.5, 0.6) is 11.5 Å². The van der Waals surface area contributed by atoms with Crippen molar-refractivity contribution in [3.8, 4) is 11.5 Å². The molecule has 2 heterocycles. The van der Waals surface area contributed by atoms with Gasteiger partial charge in [-0.1, -0.05) is 0 Å². The van der Waals surface area contributed by atoms with E-state index in [4.69, 9.17) is 9.47 Å². The van der Waals surface area contributed by atoms with Crippen LogP contribution in [0.2, 0.25) is 0 Å². The molecular weight excluding hydrogens is 320 g/mol. The van der Waals surface area contributed by atoms with Crippen LogP contribution in [0.25, 0.3) is 0 Å². The number of nitrogens with zero attached hydrogens (tertiary/aromatic N) is 2. The molecule has 2 amide bonds. The minimum Gasteiger partial charge on any atom is -0.497 e. The number of ether oxygens (including phenoxy) is 2. The molecule has 6 nitrogen and oxygen atoms in total. The SMILES string of the molecule is CCN1CC(C(=O)N2CCCC2c2cc(OC)ccc2OC)CC1=O. The fourth-order valence-corrected chi connectivity index (χ4v) is 3.93. The van der Waals surface area contributed by atoms with E-state index in [1.807, 2.05) is 30.0 Å². The van der Waals surface area contributed by atoms with Crippen molar-refractivity contribution in [2.75, 3.05) is 33.9 Å². The minimum absolute atomic E-state index is 0.0247. The van der Waals surface area contributed by atoms with Gasteiger partial charge >= 0.3 is 0 Å². The third-order valence-electron chi connectivity index (χ3n) is 5.28. The highest BCUT2D eigenvalue weighted by Gasteiger charge is 2.40. The lowest BCUT2D eigenvalue weighted by molar-refractivity contribution is -0.136. The van der Waals surface area contributed by atoms with E-state index in [9.17, 15) is 9.59 Å². The van der Waals surface area contributed by atoms with Gasteiger partial charge in [0.05, 0.1) is 26.2 Å². The Labute approximate surface area is 148 Å². The normalized spacial score (nSPS) is 23.2. The van der Waals surface area contributed by atoms with E-state index >= 15 is 0 Å². The molecule has 136 valence electrons. The standard InChI is InChI=1S/C19H26N2O4/c1-4-20-12-13(10-18(20)22)19(23)21-9-5-6-16(21)15-11-14(24-2)7-8-17(15)25-3/h7-8,11,13,16H,4-6,9-10,12H2,1-3H3. The number of carbonyl (C=O) groups is 2. The van der Waals surface area contributed by atoms with Gasteiger partial charge in [-0.2, -0.15) is 0 Å². The summed E-state index contributed by atoms with van der Waals surface area (Å²) >= 11 is 0. The minimum atomic E-state index is -0.232. The Morgan fingerprint density at radius 1 is 1.28 bits per heavy atom. The third kappa shape index (κ3) is 3.30. The van der Waals surface area contributed by atoms with Crippen molar-refractivity contribution in [2.45, 2.75) is 32.2 Å². The molecule has 2 saturated heterocycles. The van der Waals surface area contributed by atoms with Crippen molar-refractivity contribution in [2.24, 2.45) is 5.92 Å². The van der Waals surface area contributed by atoms with Gasteiger partial charge in [0, 0.05) is 31.6 Å². The van der Waals surface area contributed by atoms with Crippen LogP contribution in [0.4, 0.5) is 0 Å². The second-order valence-electron chi connectivity index (χ2n) is 6.63. The van der Waals surface area contributed by atoms with Crippen LogP contribution in [-0.4, -0.2) is 55.5 Å². The molecule has 2 atom stereocenters. The molecule has 2 aliphatic heterocycles. The Morgan fingerprint density at radius 2 is 2.08 bits per heavy atom. The number of amides is 2. The highest BCUT2D eigenvalue weighted by molar-refractivity contribution is 5.89. The quantitative estimate of drug-likeness (QED) is 0.820. The van der Waals surface area contributed by atoms with Gasteiger partial charge in [-0.25, -0.2) is 0 Å². The van der Waals surface area contributed by atoms with Crippen molar-refractivity contribution in [1.29, 1.82) is 0 Å². The van der Waals surface area contributed by atoms with Crippen molar-refractivity contribution in [1.82, 2.24) is 9.80 Å². The monoisotopic (exact) mass is 346 g/mol. The molecule has 0 N–H and O–H groups in total. The summed E-state index contributed by atoms with van der Waals surface area (Å²) in [6, 6.07) is 5.67. The van der Waals surface area contributed by atoms with E-state index in [2.05, 4.69) is 0 Å². The van der Waals surface area contributed by atoms with Crippen molar-refractivity contribution >= 4 is 11.8 Å². The molecule has 1 aromatic carbocycles. The van der Waals surface area contributed by atoms with E-state index in [-0.39, 0.29) is 23.8 Å². The maximum absolute atomic E-state index is 13.1. The summed E-state index contributed by atoms with van der Waals surface area (Å²) in [5.41, 5.74) is 0.976. The number of hydrogen-bond donors (Lipinski definition) is 0. The van der Waals surface area contributed by atoms with Gasteiger partial charge in [0.15, 0.2) is 0 Å². The van der Waals surface area contributed by atoms with E-state index < -0.39 is 0 Å². The molecule has 2 fully saturated rings. The lowest BCUT2D eigenvalue weighted by atomic mass is 10.0. The number of hydrogen-bond acceptors (Lipinski definition) is 4. The second-order valence-corrected chi connectivity index (χ2v) is 6.63. The number of rotatable bonds is 5. The maximum atomic E-state index is 13.1. The van der Waals surface area contributed by atoms with Crippen LogP contribution < -0.4 is 9.47 Å². The number of likely N-dealkylation sites (tertiary alicyclic amines) is 2. The zero-order chi connectivity index (χ0) is 18.0. The summed E-state index contributed by atoms with van der Waals surface area (Å²) < 4.78 is 10.8. The Balaban J connectivity index is 1.83. The van der Waals surface area contributed by atoms with E-state index in [1.54, 1.807) is 19.1 Å². The van der Waals surface area contributed by atoms with Crippen LogP contribution in [0.3, 0.4) is 0 Å². The van der Waals surface area contributed by atoms with Crippen LogP contribution in [0.1, 0.15) is 37.8 Å². The summed E-state index contributed by atoms with van der Waals surface area (Å²) in [4.78, 5) is 28.7. The zero-order valence-electron chi connectivity index (χ0n) is 15.2. The number of carbonyl (C=O) groups excluding carboxylic acids is 2. The molecule has 2 aliphatic rings. The first-order valence-corrected chi connectivity index (χ1v) is 8.89. The molecule has 3 rings (SSSR count). The smallest absolute Gasteiger partial charge is 0.228 e. The second kappa shape index (κ2) is 7.33. The lowest BCUT2D eigenvalue weighted by Gasteiger charge is -2.28. The Bertz CT molecular complexity index is 661. The van der Waals surface area contributed by atoms with Gasteiger partial charge in [0.25, 0.3) is 0 Å². The largest absolute Gasteiger partial charge is 0.497 e. The molecule has 0 spiro atoms. The zero-order valence-corrected chi connectivity index (χ0v) is 15.2. The molecule has 0 aliphatic carbocycles. The molecule has 0 bridgehead atoms. The summed E-state index contributed by atoms with van der Waals surface area (Å²) in [7, 11) is 3.27. The summed E-state index contributed by atoms with van der Waals surface area (Å²) in [5, 5.41) is 0. The Kier molecular flexibility index (Phi) is 5.16. The van der Waals surface area contributed by atoms with Crippen molar-refractivity contribution in [3.05, 3.63) is 23.8 Å². The first-order valence-electron chi connectivity index (χ1n) is 8.89. The fraction of sp³-hybridized carbons (Fsp3) is 0.579. The van der Waals surface area contributed by atoms with Crippen LogP contribution >= 0.6 is 0 Å². The average molecular weight is 346 g/mol. The fourth-order valence-electron chi connectivity index (χ4n) is 3.93. The molecule has 1 aromatic rings. The van der Waals surface area contributed by atoms with Crippen molar-refractivity contribution < 1.29 is 19.1 Å². The first kappa shape index (κ1) is 17.6. The first-order chi connectivity index (χ1) is 12.1. The van der Waals surface area contributed by atoms with Crippen LogP contribution in [0, 0.1) is 5.92 Å². The topological polar surface area (TPSA) is 59.1 Å². The van der Waals surface area contributed by atoms with Gasteiger partial charge in [0.1, 0.15) is 11.5 Å². The summed E-state index contributed by atoms with van der Waals surface area (Å²) in [6.07, 6.45) is 2.17. The predicted molar refractivity (Wildman–Crippen MR) is 93.6 cm³/mol. The highest BCUT2D eigenvalue weighted by atomic mass is 16.5. The van der Waals surface area contributed by atoms with E-state index in [0.717, 1.165) is 36.4 Å². The van der Waals surface area contributed by atoms with Gasteiger partial charge in [0.2, 0.25) is 11.8 Å². The van der Waals surface area contributed by atoms with Gasteiger partial charge < -0.3 is 19.3 Å². The summed E-state index contributed by atoms with van der Waals surface area (Å²) in [5.74, 6) is 1.45. The highest BCUT2D eigenvalue weighted by Crippen LogP contribution is 2.40. The number of benzene rings is 1. The van der Waals surface area contributed by atoms with Gasteiger partial charge in [-0.15, -0.1) is 0 Å². The Hall–Kier alpha value is -2.24. The number of methoxy groups -OCH3 is 2. The molecule has 0 saturated carbocycles. The molecule has 25 heavy (non-hydrogen) atoms. The Morgan fingerprint density at radius 3 is 2.72 bits per heavy atom. The lowest BCUT2D eigenvalue weighted by Crippen LogP contribution is -2.37. The third-order valence-corrected chi connectivity index (χ3v) is 5.28. The van der Waals surface area contributed by atoms with Crippen molar-refractivity contribution in [3.63, 3.8) is 0 Å². The molecule has 2 unspecified atom stereocenters. The average Bonchev–Trinajstić information content (AvgIpc) is 3.27. The van der Waals surface area contributed by atoms with E-state index in [1.165, 1.54) is 0 Å². The van der Waals surface area contributed by atoms with Crippen LogP contribution in [0.15, 0.2) is 18.2 Å². The maximum Gasteiger partial charge on any atom is 0.228 e. The molecule has 0 aromatic heterocycles. The van der Waals surface area contributed by atoms with Gasteiger partial charge in [-0.3, -0.25) is 9.59 Å².